The van der Waals surface area contributed by atoms with Gasteiger partial charge in [-0.15, -0.1) is 0 Å². The molecule has 3 aromatic carbocycles. The van der Waals surface area contributed by atoms with Crippen molar-refractivity contribution in [3.63, 3.8) is 0 Å². The monoisotopic (exact) mass is 555 g/mol. The van der Waals surface area contributed by atoms with E-state index < -0.39 is 12.0 Å². The summed E-state index contributed by atoms with van der Waals surface area (Å²) in [5.41, 5.74) is 2.12. The van der Waals surface area contributed by atoms with Crippen LogP contribution in [0, 0.1) is 5.92 Å². The first-order valence-electron chi connectivity index (χ1n) is 11.9. The molecule has 0 saturated carbocycles. The predicted molar refractivity (Wildman–Crippen MR) is 147 cm³/mol. The van der Waals surface area contributed by atoms with Gasteiger partial charge in [-0.3, -0.25) is 4.79 Å². The number of benzene rings is 3. The third kappa shape index (κ3) is 6.57. The molecule has 10 heteroatoms. The molecule has 38 heavy (non-hydrogen) atoms. The van der Waals surface area contributed by atoms with Gasteiger partial charge in [-0.1, -0.05) is 41.4 Å². The molecule has 0 bridgehead atoms. The summed E-state index contributed by atoms with van der Waals surface area (Å²) >= 11 is 11.9. The minimum Gasteiger partial charge on any atom is -0.497 e. The summed E-state index contributed by atoms with van der Waals surface area (Å²) < 4.78 is 10.9. The number of anilines is 2. The molecule has 4 rings (SSSR count). The van der Waals surface area contributed by atoms with E-state index in [9.17, 15) is 14.4 Å². The summed E-state index contributed by atoms with van der Waals surface area (Å²) in [6, 6.07) is 18.0. The van der Waals surface area contributed by atoms with Gasteiger partial charge in [-0.05, 0) is 60.5 Å². The molecule has 2 unspecified atom stereocenters. The van der Waals surface area contributed by atoms with E-state index >= 15 is 0 Å². The van der Waals surface area contributed by atoms with Gasteiger partial charge in [0, 0.05) is 30.8 Å². The normalized spacial score (nSPS) is 17.1. The van der Waals surface area contributed by atoms with Gasteiger partial charge >= 0.3 is 12.0 Å². The maximum absolute atomic E-state index is 12.9. The van der Waals surface area contributed by atoms with Gasteiger partial charge in [-0.2, -0.15) is 0 Å². The third-order valence-corrected chi connectivity index (χ3v) is 7.14. The molecular weight excluding hydrogens is 529 g/mol. The van der Waals surface area contributed by atoms with Gasteiger partial charge in [-0.25, -0.2) is 9.59 Å². The number of rotatable bonds is 7. The van der Waals surface area contributed by atoms with Crippen LogP contribution >= 0.6 is 23.2 Å². The van der Waals surface area contributed by atoms with Gasteiger partial charge in [0.05, 0.1) is 35.4 Å². The van der Waals surface area contributed by atoms with Crippen molar-refractivity contribution in [2.24, 2.45) is 5.92 Å². The number of urea groups is 1. The lowest BCUT2D eigenvalue weighted by Crippen LogP contribution is -2.42. The molecule has 2 atom stereocenters. The van der Waals surface area contributed by atoms with Gasteiger partial charge in [0.15, 0.2) is 0 Å². The highest BCUT2D eigenvalue weighted by molar-refractivity contribution is 6.42. The van der Waals surface area contributed by atoms with Crippen LogP contribution in [0.4, 0.5) is 16.2 Å². The van der Waals surface area contributed by atoms with E-state index in [0.717, 1.165) is 11.3 Å². The number of methoxy groups -OCH3 is 1. The second-order valence-electron chi connectivity index (χ2n) is 8.91. The molecule has 1 fully saturated rings. The Morgan fingerprint density at radius 1 is 0.974 bits per heavy atom. The van der Waals surface area contributed by atoms with E-state index in [4.69, 9.17) is 32.7 Å². The Morgan fingerprint density at radius 3 is 2.37 bits per heavy atom. The zero-order valence-electron chi connectivity index (χ0n) is 20.9. The van der Waals surface area contributed by atoms with E-state index in [1.807, 2.05) is 24.3 Å². The van der Waals surface area contributed by atoms with Crippen LogP contribution in [-0.4, -0.2) is 43.6 Å². The number of carbonyl (C=O) groups is 3. The number of amides is 3. The van der Waals surface area contributed by atoms with Crippen LogP contribution in [0.1, 0.15) is 34.8 Å². The summed E-state index contributed by atoms with van der Waals surface area (Å²) in [6.45, 7) is 0.141. The molecule has 0 aromatic heterocycles. The predicted octanol–water partition coefficient (Wildman–Crippen LogP) is 6.41. The number of hydrogen-bond donors (Lipinski definition) is 2. The Kier molecular flexibility index (Phi) is 8.76. The first-order chi connectivity index (χ1) is 18.2. The molecule has 3 aromatic rings. The number of halogens is 2. The third-order valence-electron chi connectivity index (χ3n) is 6.41. The highest BCUT2D eigenvalue weighted by atomic mass is 35.5. The SMILES string of the molecule is COc1ccc(C2C(COC(=O)c3cccc(NC(=O)Nc4ccc(Cl)c(Cl)c4)c3)CCC(=O)N2C)cc1. The average molecular weight is 556 g/mol. The Labute approximate surface area is 230 Å². The molecule has 2 N–H and O–H groups in total. The number of carbonyl (C=O) groups excluding carboxylic acids is 3. The largest absolute Gasteiger partial charge is 0.497 e. The molecule has 1 aliphatic rings. The van der Waals surface area contributed by atoms with Crippen LogP contribution in [0.25, 0.3) is 0 Å². The van der Waals surface area contributed by atoms with Crippen molar-refractivity contribution < 1.29 is 23.9 Å². The lowest BCUT2D eigenvalue weighted by Gasteiger charge is -2.39. The Hall–Kier alpha value is -3.75. The van der Waals surface area contributed by atoms with Crippen LogP contribution in [0.3, 0.4) is 0 Å². The molecule has 0 aliphatic carbocycles. The Morgan fingerprint density at radius 2 is 1.68 bits per heavy atom. The van der Waals surface area contributed by atoms with E-state index in [0.29, 0.717) is 39.8 Å². The van der Waals surface area contributed by atoms with E-state index in [1.54, 1.807) is 49.4 Å². The molecule has 0 radical (unpaired) electrons. The number of nitrogens with one attached hydrogen (secondary N) is 2. The second kappa shape index (κ2) is 12.2. The minimum atomic E-state index is -0.522. The zero-order valence-corrected chi connectivity index (χ0v) is 22.4. The minimum absolute atomic E-state index is 0.0475. The summed E-state index contributed by atoms with van der Waals surface area (Å²) in [4.78, 5) is 39.4. The van der Waals surface area contributed by atoms with E-state index in [-0.39, 0.29) is 24.5 Å². The average Bonchev–Trinajstić information content (AvgIpc) is 2.91. The fourth-order valence-corrected chi connectivity index (χ4v) is 4.74. The summed E-state index contributed by atoms with van der Waals surface area (Å²) in [6.07, 6.45) is 0.988. The van der Waals surface area contributed by atoms with Crippen molar-refractivity contribution in [3.8, 4) is 5.75 Å². The maximum atomic E-state index is 12.9. The molecule has 1 heterocycles. The van der Waals surface area contributed by atoms with Crippen molar-refractivity contribution in [2.45, 2.75) is 18.9 Å². The first kappa shape index (κ1) is 27.3. The van der Waals surface area contributed by atoms with Crippen molar-refractivity contribution in [3.05, 3.63) is 87.9 Å². The molecule has 198 valence electrons. The van der Waals surface area contributed by atoms with Crippen molar-refractivity contribution in [2.75, 3.05) is 31.4 Å². The van der Waals surface area contributed by atoms with Crippen LogP contribution in [0.2, 0.25) is 10.0 Å². The summed E-state index contributed by atoms with van der Waals surface area (Å²) in [5, 5.41) is 6.04. The number of hydrogen-bond acceptors (Lipinski definition) is 5. The van der Waals surface area contributed by atoms with E-state index in [2.05, 4.69) is 10.6 Å². The number of nitrogens with zero attached hydrogens (tertiary/aromatic N) is 1. The molecule has 1 saturated heterocycles. The Balaban J connectivity index is 1.39. The maximum Gasteiger partial charge on any atom is 0.338 e. The van der Waals surface area contributed by atoms with Crippen LogP contribution in [0.5, 0.6) is 5.75 Å². The summed E-state index contributed by atoms with van der Waals surface area (Å²) in [7, 11) is 3.36. The van der Waals surface area contributed by atoms with Crippen molar-refractivity contribution >= 4 is 52.5 Å². The Bertz CT molecular complexity index is 1330. The van der Waals surface area contributed by atoms with Crippen molar-refractivity contribution in [1.82, 2.24) is 4.90 Å². The van der Waals surface area contributed by atoms with Gasteiger partial charge < -0.3 is 25.0 Å². The summed E-state index contributed by atoms with van der Waals surface area (Å²) in [5.74, 6) is 0.173. The molecule has 0 spiro atoms. The topological polar surface area (TPSA) is 97.0 Å². The quantitative estimate of drug-likeness (QED) is 0.328. The molecule has 3 amide bonds. The number of esters is 1. The standard InChI is InChI=1S/C28H27Cl2N3O5/c1-33-25(34)13-8-19(26(33)17-6-10-22(37-2)11-7-17)16-38-27(35)18-4-3-5-20(14-18)31-28(36)32-21-9-12-23(29)24(30)15-21/h3-7,9-12,14-15,19,26H,8,13,16H2,1-2H3,(H2,31,32,36). The van der Waals surface area contributed by atoms with Gasteiger partial charge in [0.1, 0.15) is 5.75 Å². The van der Waals surface area contributed by atoms with Crippen LogP contribution < -0.4 is 15.4 Å². The molecular formula is C28H27Cl2N3O5. The molecule has 8 nitrogen and oxygen atoms in total. The fourth-order valence-electron chi connectivity index (χ4n) is 4.44. The zero-order chi connectivity index (χ0) is 27.2. The van der Waals surface area contributed by atoms with E-state index in [1.165, 1.54) is 12.1 Å². The van der Waals surface area contributed by atoms with Gasteiger partial charge in [0.2, 0.25) is 5.91 Å². The molecule has 1 aliphatic heterocycles. The number of ether oxygens (including phenoxy) is 2. The van der Waals surface area contributed by atoms with Crippen LogP contribution in [0.15, 0.2) is 66.7 Å². The van der Waals surface area contributed by atoms with Crippen LogP contribution in [-0.2, 0) is 9.53 Å². The lowest BCUT2D eigenvalue weighted by molar-refractivity contribution is -0.137. The lowest BCUT2D eigenvalue weighted by atomic mass is 9.85. The number of piperidine rings is 1. The first-order valence-corrected chi connectivity index (χ1v) is 12.7. The number of likely N-dealkylation sites (tertiary alicyclic amines) is 1. The van der Waals surface area contributed by atoms with Crippen molar-refractivity contribution in [1.29, 1.82) is 0 Å². The smallest absolute Gasteiger partial charge is 0.338 e. The second-order valence-corrected chi connectivity index (χ2v) is 9.72. The highest BCUT2D eigenvalue weighted by Gasteiger charge is 2.35. The van der Waals surface area contributed by atoms with Gasteiger partial charge in [0.25, 0.3) is 0 Å². The fraction of sp³-hybridized carbons (Fsp3) is 0.250. The highest BCUT2D eigenvalue weighted by Crippen LogP contribution is 2.36.